The SMILES string of the molecule is CCNC(=O)N1CCN(C(=O)C2CC2c2ccccc2C(F)(F)F)CC1. The molecule has 2 atom stereocenters. The van der Waals surface area contributed by atoms with Crippen LogP contribution in [0.2, 0.25) is 0 Å². The number of benzene rings is 1. The number of carbonyl (C=O) groups is 2. The van der Waals surface area contributed by atoms with Crippen molar-refractivity contribution in [2.24, 2.45) is 5.92 Å². The third-order valence-electron chi connectivity index (χ3n) is 4.98. The lowest BCUT2D eigenvalue weighted by molar-refractivity contribution is -0.139. The summed E-state index contributed by atoms with van der Waals surface area (Å²) in [6, 6.07) is 5.33. The number of urea groups is 1. The molecule has 0 radical (unpaired) electrons. The van der Waals surface area contributed by atoms with Crippen molar-refractivity contribution in [1.82, 2.24) is 15.1 Å². The molecule has 2 fully saturated rings. The highest BCUT2D eigenvalue weighted by Crippen LogP contribution is 2.51. The Hall–Kier alpha value is -2.25. The van der Waals surface area contributed by atoms with Gasteiger partial charge in [-0.05, 0) is 30.9 Å². The molecular weight excluding hydrogens is 347 g/mol. The Morgan fingerprint density at radius 2 is 1.73 bits per heavy atom. The van der Waals surface area contributed by atoms with Gasteiger partial charge in [-0.2, -0.15) is 13.2 Å². The van der Waals surface area contributed by atoms with E-state index in [2.05, 4.69) is 5.32 Å². The predicted octanol–water partition coefficient (Wildman–Crippen LogP) is 2.68. The molecule has 0 bridgehead atoms. The topological polar surface area (TPSA) is 52.7 Å². The molecule has 1 aromatic rings. The van der Waals surface area contributed by atoms with Gasteiger partial charge in [-0.3, -0.25) is 4.79 Å². The fourth-order valence-electron chi connectivity index (χ4n) is 3.52. The summed E-state index contributed by atoms with van der Waals surface area (Å²) in [4.78, 5) is 27.7. The van der Waals surface area contributed by atoms with E-state index in [0.717, 1.165) is 6.07 Å². The summed E-state index contributed by atoms with van der Waals surface area (Å²) < 4.78 is 39.5. The normalized spacial score (nSPS) is 22.9. The summed E-state index contributed by atoms with van der Waals surface area (Å²) in [5, 5.41) is 2.72. The summed E-state index contributed by atoms with van der Waals surface area (Å²) in [7, 11) is 0. The van der Waals surface area contributed by atoms with Crippen molar-refractivity contribution >= 4 is 11.9 Å². The zero-order valence-electron chi connectivity index (χ0n) is 14.6. The molecule has 0 spiro atoms. The van der Waals surface area contributed by atoms with Crippen molar-refractivity contribution < 1.29 is 22.8 Å². The van der Waals surface area contributed by atoms with E-state index in [0.29, 0.717) is 39.1 Å². The molecule has 5 nitrogen and oxygen atoms in total. The molecule has 1 N–H and O–H groups in total. The maximum Gasteiger partial charge on any atom is 0.416 e. The van der Waals surface area contributed by atoms with Crippen LogP contribution in [-0.4, -0.2) is 54.5 Å². The summed E-state index contributed by atoms with van der Waals surface area (Å²) in [5.74, 6) is -0.876. The van der Waals surface area contributed by atoms with Gasteiger partial charge in [0.05, 0.1) is 5.56 Å². The van der Waals surface area contributed by atoms with Gasteiger partial charge in [-0.25, -0.2) is 4.79 Å². The van der Waals surface area contributed by atoms with Crippen molar-refractivity contribution in [3.63, 3.8) is 0 Å². The average Bonchev–Trinajstić information content (AvgIpc) is 3.41. The Bertz CT molecular complexity index is 685. The second kappa shape index (κ2) is 7.17. The number of alkyl halides is 3. The molecule has 2 aliphatic rings. The van der Waals surface area contributed by atoms with Crippen LogP contribution >= 0.6 is 0 Å². The maximum absolute atomic E-state index is 13.2. The summed E-state index contributed by atoms with van der Waals surface area (Å²) in [6.07, 6.45) is -3.96. The Morgan fingerprint density at radius 3 is 2.35 bits per heavy atom. The van der Waals surface area contributed by atoms with E-state index >= 15 is 0 Å². The Kier molecular flexibility index (Phi) is 5.11. The minimum atomic E-state index is -4.41. The van der Waals surface area contributed by atoms with E-state index in [1.807, 2.05) is 6.92 Å². The van der Waals surface area contributed by atoms with E-state index in [1.165, 1.54) is 12.1 Å². The fraction of sp³-hybridized carbons (Fsp3) is 0.556. The van der Waals surface area contributed by atoms with Gasteiger partial charge < -0.3 is 15.1 Å². The molecule has 0 aromatic heterocycles. The van der Waals surface area contributed by atoms with Crippen LogP contribution in [0.4, 0.5) is 18.0 Å². The van der Waals surface area contributed by atoms with Crippen molar-refractivity contribution in [2.45, 2.75) is 25.4 Å². The number of nitrogens with one attached hydrogen (secondary N) is 1. The summed E-state index contributed by atoms with van der Waals surface area (Å²) in [5.41, 5.74) is -0.444. The molecule has 1 saturated carbocycles. The van der Waals surface area contributed by atoms with Crippen molar-refractivity contribution in [1.29, 1.82) is 0 Å². The molecule has 1 aliphatic heterocycles. The molecule has 1 aromatic carbocycles. The van der Waals surface area contributed by atoms with Crippen LogP contribution < -0.4 is 5.32 Å². The lowest BCUT2D eigenvalue weighted by atomic mass is 10.0. The second-order valence-corrected chi connectivity index (χ2v) is 6.68. The summed E-state index contributed by atoms with van der Waals surface area (Å²) >= 11 is 0. The molecular formula is C18H22F3N3O2. The fourth-order valence-corrected chi connectivity index (χ4v) is 3.52. The molecule has 8 heteroatoms. The van der Waals surface area contributed by atoms with E-state index in [9.17, 15) is 22.8 Å². The van der Waals surface area contributed by atoms with Crippen LogP contribution in [0.15, 0.2) is 24.3 Å². The van der Waals surface area contributed by atoms with Gasteiger partial charge >= 0.3 is 12.2 Å². The first-order valence-electron chi connectivity index (χ1n) is 8.80. The van der Waals surface area contributed by atoms with Crippen LogP contribution in [0, 0.1) is 5.92 Å². The maximum atomic E-state index is 13.2. The number of amides is 3. The molecule has 142 valence electrons. The lowest BCUT2D eigenvalue weighted by Gasteiger charge is -2.34. The molecule has 1 aliphatic carbocycles. The average molecular weight is 369 g/mol. The highest BCUT2D eigenvalue weighted by molar-refractivity contribution is 5.83. The number of rotatable bonds is 3. The van der Waals surface area contributed by atoms with Crippen LogP contribution in [0.5, 0.6) is 0 Å². The van der Waals surface area contributed by atoms with Crippen molar-refractivity contribution in [3.05, 3.63) is 35.4 Å². The zero-order chi connectivity index (χ0) is 18.9. The Balaban J connectivity index is 1.60. The number of nitrogens with zero attached hydrogens (tertiary/aromatic N) is 2. The number of halogens is 3. The molecule has 3 amide bonds. The second-order valence-electron chi connectivity index (χ2n) is 6.68. The monoisotopic (exact) mass is 369 g/mol. The quantitative estimate of drug-likeness (QED) is 0.891. The van der Waals surface area contributed by atoms with Gasteiger partial charge in [0.2, 0.25) is 5.91 Å². The molecule has 26 heavy (non-hydrogen) atoms. The zero-order valence-corrected chi connectivity index (χ0v) is 14.6. The lowest BCUT2D eigenvalue weighted by Crippen LogP contribution is -2.53. The minimum absolute atomic E-state index is 0.109. The first-order valence-corrected chi connectivity index (χ1v) is 8.80. The Labute approximate surface area is 150 Å². The van der Waals surface area contributed by atoms with Crippen LogP contribution in [-0.2, 0) is 11.0 Å². The molecule has 1 heterocycles. The molecule has 3 rings (SSSR count). The number of piperazine rings is 1. The van der Waals surface area contributed by atoms with Gasteiger partial charge in [0.15, 0.2) is 0 Å². The van der Waals surface area contributed by atoms with E-state index in [4.69, 9.17) is 0 Å². The van der Waals surface area contributed by atoms with E-state index in [-0.39, 0.29) is 23.4 Å². The molecule has 1 saturated heterocycles. The first kappa shape index (κ1) is 18.5. The van der Waals surface area contributed by atoms with Gasteiger partial charge in [0.25, 0.3) is 0 Å². The Morgan fingerprint density at radius 1 is 1.12 bits per heavy atom. The number of hydrogen-bond acceptors (Lipinski definition) is 2. The van der Waals surface area contributed by atoms with Gasteiger partial charge in [-0.1, -0.05) is 18.2 Å². The smallest absolute Gasteiger partial charge is 0.339 e. The third-order valence-corrected chi connectivity index (χ3v) is 4.98. The number of hydrogen-bond donors (Lipinski definition) is 1. The minimum Gasteiger partial charge on any atom is -0.339 e. The van der Waals surface area contributed by atoms with E-state index in [1.54, 1.807) is 15.9 Å². The highest BCUT2D eigenvalue weighted by atomic mass is 19.4. The first-order chi connectivity index (χ1) is 12.3. The van der Waals surface area contributed by atoms with Crippen LogP contribution in [0.25, 0.3) is 0 Å². The van der Waals surface area contributed by atoms with E-state index < -0.39 is 17.7 Å². The van der Waals surface area contributed by atoms with Crippen LogP contribution in [0.1, 0.15) is 30.4 Å². The number of carbonyl (C=O) groups excluding carboxylic acids is 2. The van der Waals surface area contributed by atoms with Gasteiger partial charge in [-0.15, -0.1) is 0 Å². The summed E-state index contributed by atoms with van der Waals surface area (Å²) in [6.45, 7) is 4.09. The van der Waals surface area contributed by atoms with Crippen molar-refractivity contribution in [2.75, 3.05) is 32.7 Å². The highest BCUT2D eigenvalue weighted by Gasteiger charge is 2.49. The predicted molar refractivity (Wildman–Crippen MR) is 89.5 cm³/mol. The van der Waals surface area contributed by atoms with Crippen LogP contribution in [0.3, 0.4) is 0 Å². The standard InChI is InChI=1S/C18H22F3N3O2/c1-2-22-17(26)24-9-7-23(8-10-24)16(25)14-11-13(14)12-5-3-4-6-15(12)18(19,20)21/h3-6,13-14H,2,7-11H2,1H3,(H,22,26). The molecule has 2 unspecified atom stereocenters. The largest absolute Gasteiger partial charge is 0.416 e. The van der Waals surface area contributed by atoms with Crippen molar-refractivity contribution in [3.8, 4) is 0 Å². The third kappa shape index (κ3) is 3.78. The van der Waals surface area contributed by atoms with Gasteiger partial charge in [0, 0.05) is 38.6 Å². The van der Waals surface area contributed by atoms with Gasteiger partial charge in [0.1, 0.15) is 0 Å².